The van der Waals surface area contributed by atoms with Gasteiger partial charge in [-0.3, -0.25) is 0 Å². The summed E-state index contributed by atoms with van der Waals surface area (Å²) in [5.41, 5.74) is 12.3. The quantitative estimate of drug-likeness (QED) is 0.168. The topological polar surface area (TPSA) is 56.7 Å². The van der Waals surface area contributed by atoms with E-state index in [2.05, 4.69) is 217 Å². The van der Waals surface area contributed by atoms with E-state index in [1.807, 2.05) is 6.07 Å². The van der Waals surface area contributed by atoms with Crippen LogP contribution in [0.2, 0.25) is 0 Å². The largest absolute Gasteiger partial charge is 0.456 e. The molecule has 10 aromatic carbocycles. The van der Waals surface area contributed by atoms with Crippen LogP contribution in [0.25, 0.3) is 127 Å². The van der Waals surface area contributed by atoms with Crippen molar-refractivity contribution >= 4 is 65.3 Å². The summed E-state index contributed by atoms with van der Waals surface area (Å²) in [6, 6.07) is 76.9. The average molecular weight is 817 g/mol. The number of rotatable bonds is 6. The fourth-order valence-corrected chi connectivity index (χ4v) is 9.54. The van der Waals surface area contributed by atoms with E-state index in [1.165, 1.54) is 38.1 Å². The van der Waals surface area contributed by atoms with Gasteiger partial charge in [0.2, 0.25) is 0 Å². The summed E-state index contributed by atoms with van der Waals surface area (Å²) >= 11 is 0. The van der Waals surface area contributed by atoms with E-state index in [9.17, 15) is 0 Å². The van der Waals surface area contributed by atoms with Crippen molar-refractivity contribution < 1.29 is 4.42 Å². The van der Waals surface area contributed by atoms with Crippen molar-refractivity contribution in [2.75, 3.05) is 0 Å². The zero-order chi connectivity index (χ0) is 42.1. The van der Waals surface area contributed by atoms with Crippen molar-refractivity contribution in [3.8, 4) is 62.1 Å². The minimum absolute atomic E-state index is 0.579. The zero-order valence-electron chi connectivity index (χ0n) is 34.5. The van der Waals surface area contributed by atoms with Crippen LogP contribution in [0.3, 0.4) is 0 Å². The molecule has 3 heterocycles. The molecule has 298 valence electrons. The molecule has 64 heavy (non-hydrogen) atoms. The maximum absolute atomic E-state index is 6.79. The van der Waals surface area contributed by atoms with E-state index >= 15 is 0 Å². The first-order valence-electron chi connectivity index (χ1n) is 21.6. The Bertz CT molecular complexity index is 3940. The van der Waals surface area contributed by atoms with Gasteiger partial charge in [-0.05, 0) is 86.3 Å². The Morgan fingerprint density at radius 1 is 0.312 bits per heavy atom. The fourth-order valence-electron chi connectivity index (χ4n) is 9.54. The number of furan rings is 1. The highest BCUT2D eigenvalue weighted by Gasteiger charge is 2.20. The second-order valence-electron chi connectivity index (χ2n) is 16.4. The van der Waals surface area contributed by atoms with Crippen LogP contribution < -0.4 is 0 Å². The van der Waals surface area contributed by atoms with Gasteiger partial charge >= 0.3 is 0 Å². The number of fused-ring (bicyclic) bond motifs is 9. The van der Waals surface area contributed by atoms with Crippen LogP contribution in [0.15, 0.2) is 223 Å². The van der Waals surface area contributed by atoms with Gasteiger partial charge in [0.1, 0.15) is 11.2 Å². The number of para-hydroxylation sites is 1. The van der Waals surface area contributed by atoms with Gasteiger partial charge in [-0.25, -0.2) is 15.0 Å². The van der Waals surface area contributed by atoms with Crippen LogP contribution in [0.1, 0.15) is 0 Å². The predicted molar refractivity (Wildman–Crippen MR) is 264 cm³/mol. The minimum atomic E-state index is 0.579. The molecule has 13 aromatic rings. The van der Waals surface area contributed by atoms with Crippen LogP contribution in [-0.2, 0) is 0 Å². The highest BCUT2D eigenvalue weighted by molar-refractivity contribution is 6.24. The molecule has 0 N–H and O–H groups in total. The number of aromatic nitrogens is 4. The van der Waals surface area contributed by atoms with Crippen molar-refractivity contribution in [1.82, 2.24) is 19.5 Å². The standard InChI is InChI=1S/C59H36N4O/c1-3-13-37(14-4-1)39-23-26-41(27-24-39)57-60-58(43-28-25-38-15-7-8-18-42(38)33-43)62-59(61-57)44-29-31-47-48-32-30-45(35-55(48)64-54(47)34-44)63-52-22-12-11-21-50(52)56-49-20-10-9-19-46(49)51(36-53(56)63)40-16-5-2-6-17-40/h1-36H. The van der Waals surface area contributed by atoms with Crippen molar-refractivity contribution in [2.45, 2.75) is 0 Å². The van der Waals surface area contributed by atoms with E-state index in [0.29, 0.717) is 17.5 Å². The Balaban J connectivity index is 0.953. The maximum atomic E-state index is 6.79. The third-order valence-corrected chi connectivity index (χ3v) is 12.6. The molecule has 0 atom stereocenters. The van der Waals surface area contributed by atoms with E-state index in [1.54, 1.807) is 0 Å². The molecule has 5 heteroatoms. The molecule has 0 aliphatic rings. The Morgan fingerprint density at radius 3 is 1.61 bits per heavy atom. The second-order valence-corrected chi connectivity index (χ2v) is 16.4. The van der Waals surface area contributed by atoms with Gasteiger partial charge in [-0.2, -0.15) is 0 Å². The summed E-state index contributed by atoms with van der Waals surface area (Å²) < 4.78 is 9.17. The predicted octanol–water partition coefficient (Wildman–Crippen LogP) is 15.5. The Hall–Kier alpha value is -8.67. The molecule has 0 spiro atoms. The lowest BCUT2D eigenvalue weighted by molar-refractivity contribution is 0.668. The van der Waals surface area contributed by atoms with Gasteiger partial charge in [0.25, 0.3) is 0 Å². The van der Waals surface area contributed by atoms with E-state index in [-0.39, 0.29) is 0 Å². The lowest BCUT2D eigenvalue weighted by Gasteiger charge is -2.12. The number of hydrogen-bond acceptors (Lipinski definition) is 4. The summed E-state index contributed by atoms with van der Waals surface area (Å²) in [5, 5.41) is 9.31. The maximum Gasteiger partial charge on any atom is 0.164 e. The monoisotopic (exact) mass is 816 g/mol. The van der Waals surface area contributed by atoms with Gasteiger partial charge in [0.05, 0.1) is 11.0 Å². The van der Waals surface area contributed by atoms with Gasteiger partial charge in [0.15, 0.2) is 17.5 Å². The normalized spacial score (nSPS) is 11.8. The van der Waals surface area contributed by atoms with Crippen molar-refractivity contribution in [3.63, 3.8) is 0 Å². The molecular formula is C59H36N4O. The molecule has 5 nitrogen and oxygen atoms in total. The third-order valence-electron chi connectivity index (χ3n) is 12.6. The first-order chi connectivity index (χ1) is 31.7. The molecular weight excluding hydrogens is 781 g/mol. The molecule has 0 aliphatic carbocycles. The van der Waals surface area contributed by atoms with Gasteiger partial charge < -0.3 is 8.98 Å². The molecule has 0 radical (unpaired) electrons. The van der Waals surface area contributed by atoms with Gasteiger partial charge in [-0.1, -0.05) is 170 Å². The van der Waals surface area contributed by atoms with Crippen molar-refractivity contribution in [3.05, 3.63) is 218 Å². The zero-order valence-corrected chi connectivity index (χ0v) is 34.5. The summed E-state index contributed by atoms with van der Waals surface area (Å²) in [6.07, 6.45) is 0. The molecule has 0 amide bonds. The smallest absolute Gasteiger partial charge is 0.164 e. The van der Waals surface area contributed by atoms with Gasteiger partial charge in [0, 0.05) is 50.0 Å². The molecule has 0 saturated carbocycles. The minimum Gasteiger partial charge on any atom is -0.456 e. The Labute approximate surface area is 368 Å². The van der Waals surface area contributed by atoms with Crippen molar-refractivity contribution in [2.24, 2.45) is 0 Å². The summed E-state index contributed by atoms with van der Waals surface area (Å²) in [6.45, 7) is 0. The van der Waals surface area contributed by atoms with Crippen LogP contribution in [0.4, 0.5) is 0 Å². The highest BCUT2D eigenvalue weighted by Crippen LogP contribution is 2.42. The molecule has 13 rings (SSSR count). The van der Waals surface area contributed by atoms with Crippen LogP contribution in [-0.4, -0.2) is 19.5 Å². The Kier molecular flexibility index (Phi) is 8.15. The molecule has 0 saturated heterocycles. The summed E-state index contributed by atoms with van der Waals surface area (Å²) in [4.78, 5) is 15.3. The molecule has 0 fully saturated rings. The van der Waals surface area contributed by atoms with Crippen molar-refractivity contribution in [1.29, 1.82) is 0 Å². The van der Waals surface area contributed by atoms with E-state index < -0.39 is 0 Å². The third kappa shape index (κ3) is 5.90. The molecule has 3 aromatic heterocycles. The highest BCUT2D eigenvalue weighted by atomic mass is 16.3. The molecule has 0 aliphatic heterocycles. The molecule has 0 bridgehead atoms. The summed E-state index contributed by atoms with van der Waals surface area (Å²) in [7, 11) is 0. The lowest BCUT2D eigenvalue weighted by Crippen LogP contribution is -2.00. The first-order valence-corrected chi connectivity index (χ1v) is 21.6. The number of nitrogens with zero attached hydrogens (tertiary/aromatic N) is 4. The average Bonchev–Trinajstić information content (AvgIpc) is 3.91. The summed E-state index contributed by atoms with van der Waals surface area (Å²) in [5.74, 6) is 1.80. The van der Waals surface area contributed by atoms with E-state index in [0.717, 1.165) is 71.9 Å². The lowest BCUT2D eigenvalue weighted by atomic mass is 9.95. The number of benzene rings is 10. The first kappa shape index (κ1) is 36.0. The fraction of sp³-hybridized carbons (Fsp3) is 0. The SMILES string of the molecule is c1ccc(-c2ccc(-c3nc(-c4ccc5ccccc5c4)nc(-c4ccc5c(c4)oc4cc(-n6c7ccccc7c7c8ccccc8c(-c8ccccc8)cc76)ccc45)n3)cc2)cc1. The van der Waals surface area contributed by atoms with Crippen LogP contribution in [0, 0.1) is 0 Å². The molecule has 0 unspecified atom stereocenters. The number of hydrogen-bond donors (Lipinski definition) is 0. The second kappa shape index (κ2) is 14.5. The van der Waals surface area contributed by atoms with E-state index in [4.69, 9.17) is 19.4 Å². The Morgan fingerprint density at radius 2 is 0.844 bits per heavy atom. The van der Waals surface area contributed by atoms with Crippen LogP contribution >= 0.6 is 0 Å². The van der Waals surface area contributed by atoms with Gasteiger partial charge in [-0.15, -0.1) is 0 Å². The van der Waals surface area contributed by atoms with Crippen LogP contribution in [0.5, 0.6) is 0 Å².